The number of carbonyl (C=O) groups is 4. The SMILES string of the molecule is CCOc1ccc(CN(C)C(=O)COC(=O)CCCN2C(=O)c3cccc4cccc(c34)C2=O)cc1. The van der Waals surface area contributed by atoms with Crippen molar-refractivity contribution in [3.8, 4) is 5.75 Å². The summed E-state index contributed by atoms with van der Waals surface area (Å²) in [6.45, 7) is 2.58. The van der Waals surface area contributed by atoms with E-state index in [1.165, 1.54) is 9.80 Å². The molecule has 3 aromatic carbocycles. The van der Waals surface area contributed by atoms with E-state index in [2.05, 4.69) is 0 Å². The van der Waals surface area contributed by atoms with E-state index in [4.69, 9.17) is 9.47 Å². The van der Waals surface area contributed by atoms with E-state index in [0.29, 0.717) is 29.7 Å². The zero-order chi connectivity index (χ0) is 25.7. The first-order chi connectivity index (χ1) is 17.4. The highest BCUT2D eigenvalue weighted by Gasteiger charge is 2.32. The number of ether oxygens (including phenoxy) is 2. The molecule has 1 aliphatic rings. The minimum absolute atomic E-state index is 0.0151. The number of hydrogen-bond acceptors (Lipinski definition) is 6. The summed E-state index contributed by atoms with van der Waals surface area (Å²) in [7, 11) is 1.64. The first kappa shape index (κ1) is 24.9. The Morgan fingerprint density at radius 3 is 2.17 bits per heavy atom. The van der Waals surface area contributed by atoms with Crippen LogP contribution in [0.3, 0.4) is 0 Å². The van der Waals surface area contributed by atoms with E-state index in [-0.39, 0.29) is 43.7 Å². The molecule has 0 unspecified atom stereocenters. The second-order valence-corrected chi connectivity index (χ2v) is 8.56. The summed E-state index contributed by atoms with van der Waals surface area (Å²) in [6, 6.07) is 18.2. The Hall–Kier alpha value is -4.20. The molecule has 0 radical (unpaired) electrons. The molecule has 0 aromatic heterocycles. The maximum atomic E-state index is 12.9. The van der Waals surface area contributed by atoms with Crippen LogP contribution in [0.25, 0.3) is 10.8 Å². The lowest BCUT2D eigenvalue weighted by Gasteiger charge is -2.27. The van der Waals surface area contributed by atoms with E-state index < -0.39 is 5.97 Å². The van der Waals surface area contributed by atoms with Gasteiger partial charge in [0.05, 0.1) is 6.61 Å². The average Bonchev–Trinajstić information content (AvgIpc) is 2.89. The first-order valence-electron chi connectivity index (χ1n) is 11.9. The number of amides is 3. The highest BCUT2D eigenvalue weighted by Crippen LogP contribution is 2.30. The lowest BCUT2D eigenvalue weighted by atomic mass is 9.94. The highest BCUT2D eigenvalue weighted by atomic mass is 16.5. The van der Waals surface area contributed by atoms with Crippen LogP contribution in [0.1, 0.15) is 46.0 Å². The Bertz CT molecular complexity index is 1250. The number of benzene rings is 3. The zero-order valence-corrected chi connectivity index (χ0v) is 20.4. The van der Waals surface area contributed by atoms with Crippen LogP contribution < -0.4 is 4.74 Å². The summed E-state index contributed by atoms with van der Waals surface area (Å²) < 4.78 is 10.5. The van der Waals surface area contributed by atoms with Crippen LogP contribution in [-0.4, -0.2) is 60.3 Å². The van der Waals surface area contributed by atoms with E-state index in [1.54, 1.807) is 31.3 Å². The third-order valence-corrected chi connectivity index (χ3v) is 6.05. The smallest absolute Gasteiger partial charge is 0.306 e. The summed E-state index contributed by atoms with van der Waals surface area (Å²) >= 11 is 0. The number of carbonyl (C=O) groups excluding carboxylic acids is 4. The normalized spacial score (nSPS) is 12.6. The maximum absolute atomic E-state index is 12.9. The van der Waals surface area contributed by atoms with Gasteiger partial charge in [-0.2, -0.15) is 0 Å². The van der Waals surface area contributed by atoms with Crippen molar-refractivity contribution in [1.82, 2.24) is 9.80 Å². The van der Waals surface area contributed by atoms with Gasteiger partial charge in [0.15, 0.2) is 6.61 Å². The minimum Gasteiger partial charge on any atom is -0.494 e. The quantitative estimate of drug-likeness (QED) is 0.318. The molecular formula is C28H28N2O6. The van der Waals surface area contributed by atoms with Crippen molar-refractivity contribution in [3.05, 3.63) is 77.4 Å². The van der Waals surface area contributed by atoms with Crippen LogP contribution in [0, 0.1) is 0 Å². The summed E-state index contributed by atoms with van der Waals surface area (Å²) in [6.07, 6.45) is 0.226. The molecule has 4 rings (SSSR count). The molecule has 36 heavy (non-hydrogen) atoms. The van der Waals surface area contributed by atoms with E-state index >= 15 is 0 Å². The molecule has 0 bridgehead atoms. The Labute approximate surface area is 209 Å². The Kier molecular flexibility index (Phi) is 7.63. The molecule has 1 heterocycles. The van der Waals surface area contributed by atoms with Crippen LogP contribution in [-0.2, 0) is 20.9 Å². The third-order valence-electron chi connectivity index (χ3n) is 6.05. The number of rotatable bonds is 10. The number of hydrogen-bond donors (Lipinski definition) is 0. The van der Waals surface area contributed by atoms with E-state index in [0.717, 1.165) is 16.7 Å². The van der Waals surface area contributed by atoms with Gasteiger partial charge in [-0.05, 0) is 48.6 Å². The van der Waals surface area contributed by atoms with Gasteiger partial charge in [0, 0.05) is 43.1 Å². The molecule has 0 aliphatic carbocycles. The van der Waals surface area contributed by atoms with Crippen molar-refractivity contribution < 1.29 is 28.7 Å². The first-order valence-corrected chi connectivity index (χ1v) is 11.9. The van der Waals surface area contributed by atoms with Crippen molar-refractivity contribution >= 4 is 34.5 Å². The second kappa shape index (κ2) is 11.0. The van der Waals surface area contributed by atoms with Gasteiger partial charge in [0.2, 0.25) is 0 Å². The van der Waals surface area contributed by atoms with Gasteiger partial charge < -0.3 is 14.4 Å². The largest absolute Gasteiger partial charge is 0.494 e. The fraction of sp³-hybridized carbons (Fsp3) is 0.286. The van der Waals surface area contributed by atoms with Crippen LogP contribution in [0.15, 0.2) is 60.7 Å². The number of nitrogens with zero attached hydrogens (tertiary/aromatic N) is 2. The van der Waals surface area contributed by atoms with Gasteiger partial charge in [0.25, 0.3) is 17.7 Å². The molecule has 8 heteroatoms. The van der Waals surface area contributed by atoms with Crippen molar-refractivity contribution in [2.75, 3.05) is 26.8 Å². The topological polar surface area (TPSA) is 93.2 Å². The van der Waals surface area contributed by atoms with E-state index in [1.807, 2.05) is 43.3 Å². The molecule has 0 fully saturated rings. The van der Waals surface area contributed by atoms with Crippen molar-refractivity contribution in [1.29, 1.82) is 0 Å². The predicted molar refractivity (Wildman–Crippen MR) is 134 cm³/mol. The van der Waals surface area contributed by atoms with Gasteiger partial charge in [-0.15, -0.1) is 0 Å². The average molecular weight is 489 g/mol. The molecule has 0 N–H and O–H groups in total. The Morgan fingerprint density at radius 1 is 0.917 bits per heavy atom. The van der Waals surface area contributed by atoms with Crippen molar-refractivity contribution in [3.63, 3.8) is 0 Å². The fourth-order valence-corrected chi connectivity index (χ4v) is 4.21. The van der Waals surface area contributed by atoms with Gasteiger partial charge in [-0.1, -0.05) is 36.4 Å². The van der Waals surface area contributed by atoms with Gasteiger partial charge >= 0.3 is 5.97 Å². The number of imide groups is 1. The number of likely N-dealkylation sites (N-methyl/N-ethyl adjacent to an activating group) is 1. The van der Waals surface area contributed by atoms with Gasteiger partial charge in [-0.3, -0.25) is 24.1 Å². The molecule has 186 valence electrons. The summed E-state index contributed by atoms with van der Waals surface area (Å²) in [5.41, 5.74) is 1.88. The van der Waals surface area contributed by atoms with Crippen LogP contribution in [0.5, 0.6) is 5.75 Å². The minimum atomic E-state index is -0.558. The lowest BCUT2D eigenvalue weighted by Crippen LogP contribution is -2.41. The molecule has 8 nitrogen and oxygen atoms in total. The van der Waals surface area contributed by atoms with Crippen LogP contribution in [0.2, 0.25) is 0 Å². The molecular weight excluding hydrogens is 460 g/mol. The monoisotopic (exact) mass is 488 g/mol. The molecule has 0 saturated heterocycles. The van der Waals surface area contributed by atoms with Gasteiger partial charge in [0.1, 0.15) is 5.75 Å². The molecule has 1 aliphatic heterocycles. The third kappa shape index (κ3) is 5.38. The van der Waals surface area contributed by atoms with Gasteiger partial charge in [-0.25, -0.2) is 0 Å². The number of esters is 1. The second-order valence-electron chi connectivity index (χ2n) is 8.56. The summed E-state index contributed by atoms with van der Waals surface area (Å²) in [5.74, 6) is -0.869. The Morgan fingerprint density at radius 2 is 1.56 bits per heavy atom. The van der Waals surface area contributed by atoms with E-state index in [9.17, 15) is 19.2 Å². The molecule has 0 spiro atoms. The summed E-state index contributed by atoms with van der Waals surface area (Å²) in [4.78, 5) is 53.0. The fourth-order valence-electron chi connectivity index (χ4n) is 4.21. The molecule has 3 aromatic rings. The molecule has 0 atom stereocenters. The summed E-state index contributed by atoms with van der Waals surface area (Å²) in [5, 5.41) is 1.51. The zero-order valence-electron chi connectivity index (χ0n) is 20.4. The van der Waals surface area contributed by atoms with Crippen LogP contribution in [0.4, 0.5) is 0 Å². The maximum Gasteiger partial charge on any atom is 0.306 e. The Balaban J connectivity index is 1.24. The highest BCUT2D eigenvalue weighted by molar-refractivity contribution is 6.25. The van der Waals surface area contributed by atoms with Crippen LogP contribution >= 0.6 is 0 Å². The standard InChI is InChI=1S/C28H28N2O6/c1-3-35-21-14-12-19(13-15-21)17-29(2)24(31)18-36-25(32)11-6-16-30-27(33)22-9-4-7-20-8-5-10-23(26(20)22)28(30)34/h4-5,7-10,12-15H,3,6,11,16-18H2,1-2H3. The van der Waals surface area contributed by atoms with Crippen molar-refractivity contribution in [2.24, 2.45) is 0 Å². The predicted octanol–water partition coefficient (Wildman–Crippen LogP) is 3.82. The van der Waals surface area contributed by atoms with Crippen molar-refractivity contribution in [2.45, 2.75) is 26.3 Å². The molecule has 0 saturated carbocycles. The molecule has 3 amide bonds. The lowest BCUT2D eigenvalue weighted by molar-refractivity contribution is -0.151.